The molecule has 0 aliphatic rings. The molecule has 2 aromatic carbocycles. The van der Waals surface area contributed by atoms with E-state index in [2.05, 4.69) is 24.1 Å². The third kappa shape index (κ3) is 5.87. The van der Waals surface area contributed by atoms with E-state index in [-0.39, 0.29) is 22.0 Å². The van der Waals surface area contributed by atoms with E-state index >= 15 is 0 Å². The van der Waals surface area contributed by atoms with Gasteiger partial charge in [0.2, 0.25) is 5.75 Å². The van der Waals surface area contributed by atoms with E-state index in [1.165, 1.54) is 45.6 Å². The molecule has 0 aliphatic carbocycles. The average Bonchev–Trinajstić information content (AvgIpc) is 2.75. The molecular formula is C21H28N2O6S. The first kappa shape index (κ1) is 23.5. The van der Waals surface area contributed by atoms with Gasteiger partial charge in [0.1, 0.15) is 0 Å². The summed E-state index contributed by atoms with van der Waals surface area (Å²) in [6.07, 6.45) is 1.90. The molecule has 0 radical (unpaired) electrons. The molecule has 0 aromatic heterocycles. The van der Waals surface area contributed by atoms with Crippen LogP contribution in [0.15, 0.2) is 41.3 Å². The first-order valence-corrected chi connectivity index (χ1v) is 10.9. The van der Waals surface area contributed by atoms with Crippen molar-refractivity contribution in [1.29, 1.82) is 0 Å². The van der Waals surface area contributed by atoms with E-state index in [1.807, 2.05) is 0 Å². The molecule has 0 spiro atoms. The number of carbonyl (C=O) groups excluding carboxylic acids is 1. The van der Waals surface area contributed by atoms with Gasteiger partial charge in [-0.3, -0.25) is 10.2 Å². The monoisotopic (exact) mass is 436 g/mol. The van der Waals surface area contributed by atoms with Gasteiger partial charge in [0.05, 0.1) is 26.2 Å². The molecule has 9 heteroatoms. The van der Waals surface area contributed by atoms with Crippen molar-refractivity contribution in [2.24, 2.45) is 5.92 Å². The van der Waals surface area contributed by atoms with Crippen LogP contribution in [0.5, 0.6) is 17.2 Å². The summed E-state index contributed by atoms with van der Waals surface area (Å²) in [4.78, 5) is 14.6. The highest BCUT2D eigenvalue weighted by molar-refractivity contribution is 7.89. The molecule has 0 aliphatic heterocycles. The second kappa shape index (κ2) is 10.3. The summed E-state index contributed by atoms with van der Waals surface area (Å²) < 4.78 is 40.6. The van der Waals surface area contributed by atoms with Gasteiger partial charge in [0.15, 0.2) is 11.5 Å². The van der Waals surface area contributed by atoms with Gasteiger partial charge < -0.3 is 14.2 Å². The van der Waals surface area contributed by atoms with Crippen LogP contribution in [0.1, 0.15) is 36.2 Å². The van der Waals surface area contributed by atoms with Crippen LogP contribution in [0.25, 0.3) is 0 Å². The zero-order valence-electron chi connectivity index (χ0n) is 17.8. The van der Waals surface area contributed by atoms with Gasteiger partial charge in [0.25, 0.3) is 15.9 Å². The number of sulfonamides is 1. The van der Waals surface area contributed by atoms with E-state index in [9.17, 15) is 13.2 Å². The molecule has 0 saturated heterocycles. The summed E-state index contributed by atoms with van der Waals surface area (Å²) in [5, 5.41) is 0. The van der Waals surface area contributed by atoms with E-state index in [4.69, 9.17) is 14.2 Å². The number of carbonyl (C=O) groups is 1. The Bertz CT molecular complexity index is 946. The first-order valence-electron chi connectivity index (χ1n) is 9.43. The van der Waals surface area contributed by atoms with E-state index < -0.39 is 15.9 Å². The number of hydrazine groups is 1. The predicted octanol–water partition coefficient (Wildman–Crippen LogP) is 2.92. The minimum atomic E-state index is -3.92. The summed E-state index contributed by atoms with van der Waals surface area (Å²) in [7, 11) is 0.368. The Kier molecular flexibility index (Phi) is 8.08. The van der Waals surface area contributed by atoms with Crippen LogP contribution in [0.2, 0.25) is 0 Å². The summed E-state index contributed by atoms with van der Waals surface area (Å²) in [5.41, 5.74) is 3.40. The quantitative estimate of drug-likeness (QED) is 0.555. The SMILES string of the molecule is COc1cc(C(=O)NNS(=O)(=O)c2ccc(CCC(C)C)cc2)cc(OC)c1OC. The number of ether oxygens (including phenoxy) is 3. The van der Waals surface area contributed by atoms with Gasteiger partial charge in [-0.2, -0.15) is 0 Å². The molecular weight excluding hydrogens is 408 g/mol. The molecule has 2 aromatic rings. The van der Waals surface area contributed by atoms with Gasteiger partial charge in [-0.05, 0) is 48.6 Å². The van der Waals surface area contributed by atoms with E-state index in [0.29, 0.717) is 11.7 Å². The highest BCUT2D eigenvalue weighted by Gasteiger charge is 2.19. The largest absolute Gasteiger partial charge is 0.493 e. The van der Waals surface area contributed by atoms with Gasteiger partial charge in [-0.15, -0.1) is 4.83 Å². The minimum absolute atomic E-state index is 0.0565. The van der Waals surface area contributed by atoms with Gasteiger partial charge in [0, 0.05) is 5.56 Å². The highest BCUT2D eigenvalue weighted by Crippen LogP contribution is 2.38. The number of hydrogen-bond acceptors (Lipinski definition) is 6. The van der Waals surface area contributed by atoms with E-state index in [0.717, 1.165) is 18.4 Å². The van der Waals surface area contributed by atoms with Crippen LogP contribution in [0, 0.1) is 5.92 Å². The van der Waals surface area contributed by atoms with Crippen LogP contribution in [0.4, 0.5) is 0 Å². The number of methoxy groups -OCH3 is 3. The number of rotatable bonds is 10. The summed E-state index contributed by atoms with van der Waals surface area (Å²) in [6, 6.07) is 9.44. The molecule has 8 nitrogen and oxygen atoms in total. The fourth-order valence-corrected chi connectivity index (χ4v) is 3.59. The topological polar surface area (TPSA) is 103 Å². The molecule has 164 valence electrons. The first-order chi connectivity index (χ1) is 14.2. The molecule has 2 N–H and O–H groups in total. The van der Waals surface area contributed by atoms with Crippen molar-refractivity contribution in [2.45, 2.75) is 31.6 Å². The third-order valence-corrected chi connectivity index (χ3v) is 5.73. The van der Waals surface area contributed by atoms with Crippen LogP contribution >= 0.6 is 0 Å². The van der Waals surface area contributed by atoms with Crippen LogP contribution in [-0.4, -0.2) is 35.7 Å². The molecule has 0 saturated carbocycles. The van der Waals surface area contributed by atoms with Gasteiger partial charge in [-0.25, -0.2) is 8.42 Å². The maximum atomic E-state index is 12.5. The van der Waals surface area contributed by atoms with Crippen molar-refractivity contribution >= 4 is 15.9 Å². The van der Waals surface area contributed by atoms with Gasteiger partial charge >= 0.3 is 0 Å². The van der Waals surface area contributed by atoms with Crippen molar-refractivity contribution < 1.29 is 27.4 Å². The van der Waals surface area contributed by atoms with Crippen LogP contribution in [-0.2, 0) is 16.4 Å². The number of hydrogen-bond donors (Lipinski definition) is 2. The summed E-state index contributed by atoms with van der Waals surface area (Å²) >= 11 is 0. The van der Waals surface area contributed by atoms with Crippen molar-refractivity contribution in [1.82, 2.24) is 10.3 Å². The normalized spacial score (nSPS) is 11.3. The van der Waals surface area contributed by atoms with Crippen molar-refractivity contribution in [3.8, 4) is 17.2 Å². The van der Waals surface area contributed by atoms with Crippen molar-refractivity contribution in [3.63, 3.8) is 0 Å². The van der Waals surface area contributed by atoms with Crippen LogP contribution < -0.4 is 24.5 Å². The second-order valence-electron chi connectivity index (χ2n) is 7.05. The van der Waals surface area contributed by atoms with Gasteiger partial charge in [-0.1, -0.05) is 26.0 Å². The van der Waals surface area contributed by atoms with Crippen molar-refractivity contribution in [2.75, 3.05) is 21.3 Å². The summed E-state index contributed by atoms with van der Waals surface area (Å²) in [5.74, 6) is 0.783. The number of aryl methyl sites for hydroxylation is 1. The minimum Gasteiger partial charge on any atom is -0.493 e. The molecule has 2 rings (SSSR count). The molecule has 1 amide bonds. The summed E-state index contributed by atoms with van der Waals surface area (Å²) in [6.45, 7) is 4.28. The third-order valence-electron chi connectivity index (χ3n) is 4.47. The number of amides is 1. The second-order valence-corrected chi connectivity index (χ2v) is 8.73. The van der Waals surface area contributed by atoms with Crippen LogP contribution in [0.3, 0.4) is 0 Å². The maximum Gasteiger partial charge on any atom is 0.266 e. The highest BCUT2D eigenvalue weighted by atomic mass is 32.2. The zero-order valence-corrected chi connectivity index (χ0v) is 18.6. The Morgan fingerprint density at radius 2 is 1.53 bits per heavy atom. The number of benzene rings is 2. The Morgan fingerprint density at radius 1 is 0.967 bits per heavy atom. The molecule has 0 bridgehead atoms. The Hall–Kier alpha value is -2.78. The maximum absolute atomic E-state index is 12.5. The Balaban J connectivity index is 2.11. The zero-order chi connectivity index (χ0) is 22.3. The fraction of sp³-hybridized carbons (Fsp3) is 0.381. The standard InChI is InChI=1S/C21H28N2O6S/c1-14(2)6-7-15-8-10-17(11-9-15)30(25,26)23-22-21(24)16-12-18(27-3)20(29-5)19(13-16)28-4/h8-14,23H,6-7H2,1-5H3,(H,22,24). The molecule has 0 fully saturated rings. The molecule has 0 atom stereocenters. The average molecular weight is 437 g/mol. The number of nitrogens with one attached hydrogen (secondary N) is 2. The lowest BCUT2D eigenvalue weighted by Crippen LogP contribution is -2.41. The molecule has 0 unspecified atom stereocenters. The van der Waals surface area contributed by atoms with E-state index in [1.54, 1.807) is 12.1 Å². The fourth-order valence-electron chi connectivity index (χ4n) is 2.75. The smallest absolute Gasteiger partial charge is 0.266 e. The van der Waals surface area contributed by atoms with Crippen molar-refractivity contribution in [3.05, 3.63) is 47.5 Å². The Labute approximate surface area is 177 Å². The predicted molar refractivity (Wildman–Crippen MR) is 113 cm³/mol. The lowest BCUT2D eigenvalue weighted by atomic mass is 10.0. The molecule has 30 heavy (non-hydrogen) atoms. The molecule has 0 heterocycles. The lowest BCUT2D eigenvalue weighted by molar-refractivity contribution is 0.0944. The lowest BCUT2D eigenvalue weighted by Gasteiger charge is -2.14. The Morgan fingerprint density at radius 3 is 2.00 bits per heavy atom.